The van der Waals surface area contributed by atoms with E-state index < -0.39 is 5.54 Å². The van der Waals surface area contributed by atoms with Gasteiger partial charge in [-0.15, -0.1) is 11.3 Å². The summed E-state index contributed by atoms with van der Waals surface area (Å²) in [5.41, 5.74) is 1.37. The molecule has 6 nitrogen and oxygen atoms in total. The van der Waals surface area contributed by atoms with E-state index in [2.05, 4.69) is 21.2 Å². The zero-order valence-corrected chi connectivity index (χ0v) is 19.8. The Kier molecular flexibility index (Phi) is 6.60. The number of rotatable bonds is 6. The first-order valence-electron chi connectivity index (χ1n) is 10.5. The molecule has 164 valence electrons. The van der Waals surface area contributed by atoms with Gasteiger partial charge in [0.05, 0.1) is 15.3 Å². The van der Waals surface area contributed by atoms with Gasteiger partial charge in [0.2, 0.25) is 0 Å². The Labute approximate surface area is 194 Å². The predicted molar refractivity (Wildman–Crippen MR) is 123 cm³/mol. The van der Waals surface area contributed by atoms with Gasteiger partial charge in [-0.3, -0.25) is 14.4 Å². The number of aryl methyl sites for hydroxylation is 1. The second-order valence-electron chi connectivity index (χ2n) is 8.19. The summed E-state index contributed by atoms with van der Waals surface area (Å²) >= 11 is 4.69. The van der Waals surface area contributed by atoms with Crippen LogP contribution in [0.25, 0.3) is 0 Å². The summed E-state index contributed by atoms with van der Waals surface area (Å²) in [7, 11) is 0. The lowest BCUT2D eigenvalue weighted by Gasteiger charge is -2.27. The van der Waals surface area contributed by atoms with Gasteiger partial charge in [-0.05, 0) is 65.0 Å². The molecule has 3 heterocycles. The molecule has 2 aliphatic heterocycles. The van der Waals surface area contributed by atoms with Crippen molar-refractivity contribution in [2.24, 2.45) is 0 Å². The first-order chi connectivity index (χ1) is 14.9. The van der Waals surface area contributed by atoms with Gasteiger partial charge in [-0.1, -0.05) is 12.1 Å². The number of carbonyl (C=O) groups is 3. The molecule has 0 bridgehead atoms. The van der Waals surface area contributed by atoms with Crippen LogP contribution in [0.15, 0.2) is 34.1 Å². The number of nitrogens with one attached hydrogen (secondary N) is 1. The molecule has 1 atom stereocenters. The summed E-state index contributed by atoms with van der Waals surface area (Å²) in [5, 5.41) is 2.94. The van der Waals surface area contributed by atoms with Crippen LogP contribution < -0.4 is 5.32 Å². The number of ketones is 1. The molecule has 31 heavy (non-hydrogen) atoms. The third-order valence-electron chi connectivity index (χ3n) is 5.98. The van der Waals surface area contributed by atoms with Crippen LogP contribution in [-0.4, -0.2) is 54.3 Å². The van der Waals surface area contributed by atoms with Crippen LogP contribution in [0.4, 0.5) is 0 Å². The Balaban J connectivity index is 1.48. The minimum atomic E-state index is -1.02. The van der Waals surface area contributed by atoms with E-state index in [1.165, 1.54) is 11.3 Å². The Hall–Kier alpha value is -2.03. The number of ether oxygens (including phenoxy) is 1. The monoisotopic (exact) mass is 504 g/mol. The quantitative estimate of drug-likeness (QED) is 0.649. The van der Waals surface area contributed by atoms with Crippen molar-refractivity contribution < 1.29 is 19.1 Å². The minimum Gasteiger partial charge on any atom is -0.378 e. The van der Waals surface area contributed by atoms with Gasteiger partial charge in [-0.25, -0.2) is 0 Å². The average molecular weight is 505 g/mol. The highest BCUT2D eigenvalue weighted by Crippen LogP contribution is 2.26. The van der Waals surface area contributed by atoms with E-state index >= 15 is 0 Å². The van der Waals surface area contributed by atoms with Gasteiger partial charge in [0.15, 0.2) is 5.78 Å². The maximum Gasteiger partial charge on any atom is 0.262 e. The first kappa shape index (κ1) is 22.2. The van der Waals surface area contributed by atoms with Crippen LogP contribution >= 0.6 is 27.3 Å². The molecule has 0 saturated carbocycles. The van der Waals surface area contributed by atoms with Crippen molar-refractivity contribution in [1.82, 2.24) is 10.2 Å². The molecule has 0 aliphatic carbocycles. The number of hydrogen-bond donors (Lipinski definition) is 1. The topological polar surface area (TPSA) is 75.7 Å². The molecule has 2 aromatic rings. The number of nitrogens with zero attached hydrogens (tertiary/aromatic N) is 1. The molecule has 0 spiro atoms. The van der Waals surface area contributed by atoms with Crippen LogP contribution in [0.3, 0.4) is 0 Å². The SMILES string of the molecule is Cc1cc(CC(=O)[C@]2(NC(=O)c3ccc(Br)s3)CCOC2)ccc1C(=O)N1CCCC1. The standard InChI is InChI=1S/C23H25BrN2O4S/c1-15-12-16(4-5-17(15)22(29)26-9-2-3-10-26)13-19(27)23(8-11-30-14-23)25-21(28)18-6-7-20(24)31-18/h4-7,12H,2-3,8-11,13-14H2,1H3,(H,25,28)/t23-/m0/s1. The van der Waals surface area contributed by atoms with Crippen molar-refractivity contribution in [1.29, 1.82) is 0 Å². The lowest BCUT2D eigenvalue weighted by molar-refractivity contribution is -0.124. The maximum absolute atomic E-state index is 13.3. The number of amides is 2. The summed E-state index contributed by atoms with van der Waals surface area (Å²) in [6.07, 6.45) is 2.73. The van der Waals surface area contributed by atoms with Gasteiger partial charge in [0.1, 0.15) is 5.54 Å². The van der Waals surface area contributed by atoms with E-state index in [4.69, 9.17) is 4.74 Å². The van der Waals surface area contributed by atoms with Crippen LogP contribution in [-0.2, 0) is 16.0 Å². The first-order valence-corrected chi connectivity index (χ1v) is 12.1. The van der Waals surface area contributed by atoms with Crippen LogP contribution in [0.1, 0.15) is 50.4 Å². The third kappa shape index (κ3) is 4.76. The number of thiophene rings is 1. The van der Waals surface area contributed by atoms with Crippen molar-refractivity contribution in [3.63, 3.8) is 0 Å². The molecule has 0 unspecified atom stereocenters. The lowest BCUT2D eigenvalue weighted by atomic mass is 9.88. The molecule has 2 fully saturated rings. The van der Waals surface area contributed by atoms with Crippen LogP contribution in [0.2, 0.25) is 0 Å². The van der Waals surface area contributed by atoms with Crippen LogP contribution in [0.5, 0.6) is 0 Å². The van der Waals surface area contributed by atoms with E-state index in [9.17, 15) is 14.4 Å². The van der Waals surface area contributed by atoms with Crippen molar-refractivity contribution in [2.75, 3.05) is 26.3 Å². The summed E-state index contributed by atoms with van der Waals surface area (Å²) in [6.45, 7) is 4.13. The fourth-order valence-corrected chi connectivity index (χ4v) is 5.47. The molecule has 1 aromatic heterocycles. The van der Waals surface area contributed by atoms with Gasteiger partial charge >= 0.3 is 0 Å². The van der Waals surface area contributed by atoms with Gasteiger partial charge in [0, 0.05) is 38.1 Å². The molecule has 2 saturated heterocycles. The molecule has 4 rings (SSSR count). The molecule has 8 heteroatoms. The third-order valence-corrected chi connectivity index (χ3v) is 7.61. The number of benzene rings is 1. The van der Waals surface area contributed by atoms with E-state index in [1.807, 2.05) is 36.1 Å². The Bertz CT molecular complexity index is 1010. The maximum atomic E-state index is 13.3. The van der Waals surface area contributed by atoms with Gasteiger partial charge in [0.25, 0.3) is 11.8 Å². The van der Waals surface area contributed by atoms with E-state index in [-0.39, 0.29) is 30.6 Å². The zero-order valence-electron chi connectivity index (χ0n) is 17.4. The smallest absolute Gasteiger partial charge is 0.262 e. The molecule has 1 N–H and O–H groups in total. The summed E-state index contributed by atoms with van der Waals surface area (Å²) < 4.78 is 6.36. The minimum absolute atomic E-state index is 0.0583. The molecule has 1 aromatic carbocycles. The second-order valence-corrected chi connectivity index (χ2v) is 10.7. The number of hydrogen-bond acceptors (Lipinski definition) is 5. The summed E-state index contributed by atoms with van der Waals surface area (Å²) in [4.78, 5) is 41.1. The Morgan fingerprint density at radius 1 is 1.19 bits per heavy atom. The normalized spacial score (nSPS) is 20.8. The summed E-state index contributed by atoms with van der Waals surface area (Å²) in [6, 6.07) is 9.11. The van der Waals surface area contributed by atoms with E-state index in [0.29, 0.717) is 23.5 Å². The lowest BCUT2D eigenvalue weighted by Crippen LogP contribution is -2.55. The highest BCUT2D eigenvalue weighted by atomic mass is 79.9. The fourth-order valence-electron chi connectivity index (χ4n) is 4.19. The number of Topliss-reactive ketones (excluding diaryl/α,β-unsaturated/α-hetero) is 1. The van der Waals surface area contributed by atoms with Crippen molar-refractivity contribution in [3.05, 3.63) is 55.7 Å². The Morgan fingerprint density at radius 3 is 2.58 bits per heavy atom. The second kappa shape index (κ2) is 9.22. The number of carbonyl (C=O) groups excluding carboxylic acids is 3. The fraction of sp³-hybridized carbons (Fsp3) is 0.435. The predicted octanol–water partition coefficient (Wildman–Crippen LogP) is 3.76. The zero-order chi connectivity index (χ0) is 22.0. The molecule has 2 amide bonds. The highest BCUT2D eigenvalue weighted by molar-refractivity contribution is 9.11. The number of likely N-dealkylation sites (tertiary alicyclic amines) is 1. The van der Waals surface area contributed by atoms with E-state index in [1.54, 1.807) is 6.07 Å². The largest absolute Gasteiger partial charge is 0.378 e. The van der Waals surface area contributed by atoms with Crippen LogP contribution in [0, 0.1) is 6.92 Å². The van der Waals surface area contributed by atoms with E-state index in [0.717, 1.165) is 40.8 Å². The molecular formula is C23H25BrN2O4S. The molecule has 2 aliphatic rings. The molecule has 0 radical (unpaired) electrons. The number of halogens is 1. The van der Waals surface area contributed by atoms with Crippen molar-refractivity contribution >= 4 is 44.9 Å². The average Bonchev–Trinajstić information content (AvgIpc) is 3.50. The highest BCUT2D eigenvalue weighted by Gasteiger charge is 2.43. The summed E-state index contributed by atoms with van der Waals surface area (Å²) in [5.74, 6) is -0.285. The van der Waals surface area contributed by atoms with Gasteiger partial charge < -0.3 is 15.0 Å². The Morgan fingerprint density at radius 2 is 1.97 bits per heavy atom. The van der Waals surface area contributed by atoms with Crippen molar-refractivity contribution in [3.8, 4) is 0 Å². The van der Waals surface area contributed by atoms with Crippen molar-refractivity contribution in [2.45, 2.75) is 38.1 Å². The van der Waals surface area contributed by atoms with Gasteiger partial charge in [-0.2, -0.15) is 0 Å². The molecular weight excluding hydrogens is 480 g/mol.